The average molecular weight is 369 g/mol. The van der Waals surface area contributed by atoms with Gasteiger partial charge in [-0.2, -0.15) is 0 Å². The van der Waals surface area contributed by atoms with Gasteiger partial charge in [0, 0.05) is 17.3 Å². The number of nitrogens with one attached hydrogen (secondary N) is 3. The molecule has 27 heavy (non-hydrogen) atoms. The Morgan fingerprint density at radius 3 is 2.37 bits per heavy atom. The first kappa shape index (κ1) is 20.3. The summed E-state index contributed by atoms with van der Waals surface area (Å²) in [6.45, 7) is 8.52. The van der Waals surface area contributed by atoms with Crippen LogP contribution in [-0.4, -0.2) is 31.1 Å². The number of ether oxygens (including phenoxy) is 1. The molecule has 0 saturated heterocycles. The molecule has 0 spiro atoms. The number of benzene rings is 2. The van der Waals surface area contributed by atoms with Crippen LogP contribution in [0.2, 0.25) is 0 Å². The highest BCUT2D eigenvalue weighted by atomic mass is 16.5. The van der Waals surface area contributed by atoms with Crippen molar-refractivity contribution < 1.29 is 14.3 Å². The number of rotatable bonds is 7. The molecule has 0 unspecified atom stereocenters. The van der Waals surface area contributed by atoms with Crippen molar-refractivity contribution in [1.82, 2.24) is 10.6 Å². The standard InChI is InChI=1S/C21H27N3O3/c1-14(2)23-21(26)24-18-10-6-9-17(13-18)20(25)22-11-12-27-19-15(3)7-5-8-16(19)4/h5-10,13-14H,11-12H2,1-4H3,(H,22,25)(H2,23,24,26). The van der Waals surface area contributed by atoms with Crippen LogP contribution in [0.25, 0.3) is 0 Å². The summed E-state index contributed by atoms with van der Waals surface area (Å²) in [6, 6.07) is 12.5. The first-order valence-corrected chi connectivity index (χ1v) is 9.01. The summed E-state index contributed by atoms with van der Waals surface area (Å²) in [7, 11) is 0. The van der Waals surface area contributed by atoms with E-state index in [4.69, 9.17) is 4.74 Å². The normalized spacial score (nSPS) is 10.4. The second-order valence-electron chi connectivity index (χ2n) is 6.66. The van der Waals surface area contributed by atoms with Gasteiger partial charge >= 0.3 is 6.03 Å². The maximum absolute atomic E-state index is 12.3. The third-order valence-electron chi connectivity index (χ3n) is 3.85. The number of hydrogen-bond donors (Lipinski definition) is 3. The summed E-state index contributed by atoms with van der Waals surface area (Å²) in [5.41, 5.74) is 3.18. The van der Waals surface area contributed by atoms with Gasteiger partial charge < -0.3 is 20.7 Å². The van der Waals surface area contributed by atoms with E-state index in [1.54, 1.807) is 24.3 Å². The lowest BCUT2D eigenvalue weighted by molar-refractivity contribution is 0.0947. The van der Waals surface area contributed by atoms with Crippen molar-refractivity contribution >= 4 is 17.6 Å². The smallest absolute Gasteiger partial charge is 0.319 e. The van der Waals surface area contributed by atoms with E-state index in [0.29, 0.717) is 24.4 Å². The third kappa shape index (κ3) is 6.33. The van der Waals surface area contributed by atoms with Crippen molar-refractivity contribution in [2.24, 2.45) is 0 Å². The molecule has 2 aromatic carbocycles. The quantitative estimate of drug-likeness (QED) is 0.652. The molecule has 0 radical (unpaired) electrons. The molecule has 0 heterocycles. The van der Waals surface area contributed by atoms with Gasteiger partial charge in [-0.25, -0.2) is 4.79 Å². The number of para-hydroxylation sites is 1. The molecule has 3 N–H and O–H groups in total. The summed E-state index contributed by atoms with van der Waals surface area (Å²) in [5, 5.41) is 8.28. The third-order valence-corrected chi connectivity index (χ3v) is 3.85. The van der Waals surface area contributed by atoms with Crippen LogP contribution in [0.15, 0.2) is 42.5 Å². The van der Waals surface area contributed by atoms with E-state index < -0.39 is 0 Å². The Kier molecular flexibility index (Phi) is 7.23. The van der Waals surface area contributed by atoms with E-state index in [1.807, 2.05) is 45.9 Å². The fraction of sp³-hybridized carbons (Fsp3) is 0.333. The molecule has 144 valence electrons. The van der Waals surface area contributed by atoms with Gasteiger partial charge in [-0.05, 0) is 57.0 Å². The van der Waals surface area contributed by atoms with Gasteiger partial charge in [0.25, 0.3) is 5.91 Å². The number of aryl methyl sites for hydroxylation is 2. The highest BCUT2D eigenvalue weighted by Crippen LogP contribution is 2.21. The molecule has 6 nitrogen and oxygen atoms in total. The molecule has 3 amide bonds. The van der Waals surface area contributed by atoms with Gasteiger partial charge in [0.05, 0.1) is 6.54 Å². The monoisotopic (exact) mass is 369 g/mol. The van der Waals surface area contributed by atoms with Crippen molar-refractivity contribution in [3.8, 4) is 5.75 Å². The van der Waals surface area contributed by atoms with Gasteiger partial charge in [-0.15, -0.1) is 0 Å². The topological polar surface area (TPSA) is 79.5 Å². The fourth-order valence-electron chi connectivity index (χ4n) is 2.61. The molecule has 2 rings (SSSR count). The number of anilines is 1. The van der Waals surface area contributed by atoms with Crippen LogP contribution in [0.5, 0.6) is 5.75 Å². The van der Waals surface area contributed by atoms with Crippen LogP contribution in [0.4, 0.5) is 10.5 Å². The number of amides is 3. The van der Waals surface area contributed by atoms with E-state index in [0.717, 1.165) is 16.9 Å². The van der Waals surface area contributed by atoms with E-state index in [9.17, 15) is 9.59 Å². The number of carbonyl (C=O) groups excluding carboxylic acids is 2. The van der Waals surface area contributed by atoms with Crippen molar-refractivity contribution in [3.63, 3.8) is 0 Å². The highest BCUT2D eigenvalue weighted by molar-refractivity contribution is 5.96. The van der Waals surface area contributed by atoms with Gasteiger partial charge in [-0.3, -0.25) is 4.79 Å². The zero-order valence-corrected chi connectivity index (χ0v) is 16.3. The summed E-state index contributed by atoms with van der Waals surface area (Å²) in [6.07, 6.45) is 0. The lowest BCUT2D eigenvalue weighted by Gasteiger charge is -2.13. The van der Waals surface area contributed by atoms with Gasteiger partial charge in [0.2, 0.25) is 0 Å². The van der Waals surface area contributed by atoms with E-state index >= 15 is 0 Å². The molecule has 6 heteroatoms. The predicted molar refractivity (Wildman–Crippen MR) is 107 cm³/mol. The zero-order valence-electron chi connectivity index (χ0n) is 16.3. The molecular weight excluding hydrogens is 342 g/mol. The van der Waals surface area contributed by atoms with Gasteiger partial charge in [-0.1, -0.05) is 24.3 Å². The molecule has 0 bridgehead atoms. The summed E-state index contributed by atoms with van der Waals surface area (Å²) in [4.78, 5) is 24.1. The van der Waals surface area contributed by atoms with Gasteiger partial charge in [0.15, 0.2) is 0 Å². The second kappa shape index (κ2) is 9.62. The van der Waals surface area contributed by atoms with E-state index in [-0.39, 0.29) is 18.0 Å². The maximum Gasteiger partial charge on any atom is 0.319 e. The molecular formula is C21H27N3O3. The Morgan fingerprint density at radius 2 is 1.70 bits per heavy atom. The summed E-state index contributed by atoms with van der Waals surface area (Å²) in [5.74, 6) is 0.641. The van der Waals surface area contributed by atoms with Crippen molar-refractivity contribution in [2.75, 3.05) is 18.5 Å². The zero-order chi connectivity index (χ0) is 19.8. The Morgan fingerprint density at radius 1 is 1.04 bits per heavy atom. The minimum Gasteiger partial charge on any atom is -0.491 e. The Labute approximate surface area is 160 Å². The van der Waals surface area contributed by atoms with Crippen LogP contribution in [0.3, 0.4) is 0 Å². The minimum atomic E-state index is -0.301. The molecule has 2 aromatic rings. The maximum atomic E-state index is 12.3. The Hall–Kier alpha value is -3.02. The summed E-state index contributed by atoms with van der Waals surface area (Å²) >= 11 is 0. The second-order valence-corrected chi connectivity index (χ2v) is 6.66. The van der Waals surface area contributed by atoms with Crippen LogP contribution in [-0.2, 0) is 0 Å². The molecule has 0 aromatic heterocycles. The molecule has 0 aliphatic heterocycles. The first-order valence-electron chi connectivity index (χ1n) is 9.01. The van der Waals surface area contributed by atoms with E-state index in [2.05, 4.69) is 16.0 Å². The average Bonchev–Trinajstić information content (AvgIpc) is 2.60. The van der Waals surface area contributed by atoms with Crippen LogP contribution < -0.4 is 20.7 Å². The molecule has 0 saturated carbocycles. The van der Waals surface area contributed by atoms with E-state index in [1.165, 1.54) is 0 Å². The largest absolute Gasteiger partial charge is 0.491 e. The number of hydrogen-bond acceptors (Lipinski definition) is 3. The lowest BCUT2D eigenvalue weighted by atomic mass is 10.1. The highest BCUT2D eigenvalue weighted by Gasteiger charge is 2.09. The Balaban J connectivity index is 1.85. The Bertz CT molecular complexity index is 783. The molecule has 0 fully saturated rings. The van der Waals surface area contributed by atoms with Gasteiger partial charge in [0.1, 0.15) is 12.4 Å². The van der Waals surface area contributed by atoms with Crippen molar-refractivity contribution in [1.29, 1.82) is 0 Å². The predicted octanol–water partition coefficient (Wildman–Crippen LogP) is 3.64. The molecule has 0 atom stereocenters. The van der Waals surface area contributed by atoms with Crippen molar-refractivity contribution in [2.45, 2.75) is 33.7 Å². The SMILES string of the molecule is Cc1cccc(C)c1OCCNC(=O)c1cccc(NC(=O)NC(C)C)c1. The number of carbonyl (C=O) groups is 2. The minimum absolute atomic E-state index is 0.0355. The molecule has 0 aliphatic carbocycles. The summed E-state index contributed by atoms with van der Waals surface area (Å²) < 4.78 is 5.79. The first-order chi connectivity index (χ1) is 12.9. The fourth-order valence-corrected chi connectivity index (χ4v) is 2.61. The lowest BCUT2D eigenvalue weighted by Crippen LogP contribution is -2.34. The number of urea groups is 1. The van der Waals surface area contributed by atoms with Crippen LogP contribution in [0.1, 0.15) is 35.3 Å². The van der Waals surface area contributed by atoms with Crippen LogP contribution >= 0.6 is 0 Å². The van der Waals surface area contributed by atoms with Crippen molar-refractivity contribution in [3.05, 3.63) is 59.2 Å². The molecule has 0 aliphatic rings. The van der Waals surface area contributed by atoms with Crippen LogP contribution in [0, 0.1) is 13.8 Å².